The predicted molar refractivity (Wildman–Crippen MR) is 131 cm³/mol. The first kappa shape index (κ1) is 24.1. The molecule has 0 atom stereocenters. The van der Waals surface area contributed by atoms with Crippen molar-refractivity contribution < 1.29 is 9.72 Å². The van der Waals surface area contributed by atoms with Crippen LogP contribution >= 0.6 is 15.9 Å². The number of nitro groups is 1. The molecule has 8 heteroatoms. The minimum atomic E-state index is -0.507. The number of amides is 1. The van der Waals surface area contributed by atoms with Crippen molar-refractivity contribution in [2.24, 2.45) is 0 Å². The predicted octanol–water partition coefficient (Wildman–Crippen LogP) is 6.24. The summed E-state index contributed by atoms with van der Waals surface area (Å²) in [6.45, 7) is 5.30. The molecular formula is C25H23BrN4O3. The number of hydrogen-bond acceptors (Lipinski definition) is 5. The Labute approximate surface area is 201 Å². The van der Waals surface area contributed by atoms with E-state index in [1.807, 2.05) is 49.4 Å². The first-order valence-electron chi connectivity index (χ1n) is 10.5. The fourth-order valence-electron chi connectivity index (χ4n) is 3.67. The van der Waals surface area contributed by atoms with E-state index < -0.39 is 4.92 Å². The number of carbonyl (C=O) groups is 1. The fourth-order valence-corrected chi connectivity index (χ4v) is 3.95. The van der Waals surface area contributed by atoms with Crippen molar-refractivity contribution in [2.45, 2.75) is 40.2 Å². The molecule has 0 radical (unpaired) electrons. The second-order valence-corrected chi connectivity index (χ2v) is 8.45. The summed E-state index contributed by atoms with van der Waals surface area (Å²) in [5.41, 5.74) is 3.60. The lowest BCUT2D eigenvalue weighted by atomic mass is 9.98. The molecule has 0 N–H and O–H groups in total. The van der Waals surface area contributed by atoms with Crippen LogP contribution in [0.25, 0.3) is 11.1 Å². The molecule has 168 valence electrons. The van der Waals surface area contributed by atoms with Crippen molar-refractivity contribution in [2.75, 3.05) is 4.90 Å². The van der Waals surface area contributed by atoms with Crippen molar-refractivity contribution in [3.8, 4) is 17.2 Å². The van der Waals surface area contributed by atoms with Crippen LogP contribution in [0.1, 0.15) is 42.1 Å². The van der Waals surface area contributed by atoms with Gasteiger partial charge in [0.25, 0.3) is 0 Å². The van der Waals surface area contributed by atoms with Gasteiger partial charge in [0, 0.05) is 16.5 Å². The van der Waals surface area contributed by atoms with Gasteiger partial charge in [-0.05, 0) is 59.0 Å². The molecule has 0 bridgehead atoms. The first-order valence-corrected chi connectivity index (χ1v) is 11.3. The summed E-state index contributed by atoms with van der Waals surface area (Å²) >= 11 is 3.36. The highest BCUT2D eigenvalue weighted by Gasteiger charge is 2.30. The summed E-state index contributed by atoms with van der Waals surface area (Å²) in [6.07, 6.45) is 0.814. The normalized spacial score (nSPS) is 10.5. The number of benzene rings is 2. The largest absolute Gasteiger partial charge is 0.316 e. The highest BCUT2D eigenvalue weighted by Crippen LogP contribution is 2.37. The van der Waals surface area contributed by atoms with Crippen LogP contribution in [0, 0.1) is 35.3 Å². The lowest BCUT2D eigenvalue weighted by Gasteiger charge is -2.23. The number of anilines is 1. The third-order valence-corrected chi connectivity index (χ3v) is 6.49. The number of carbonyl (C=O) groups excluding carboxylic acids is 1. The van der Waals surface area contributed by atoms with E-state index in [0.29, 0.717) is 33.3 Å². The van der Waals surface area contributed by atoms with E-state index in [-0.39, 0.29) is 30.4 Å². The maximum absolute atomic E-state index is 13.1. The number of hydrogen-bond donors (Lipinski definition) is 0. The van der Waals surface area contributed by atoms with E-state index in [2.05, 4.69) is 27.0 Å². The number of aromatic nitrogens is 1. The molecule has 1 aromatic heterocycles. The summed E-state index contributed by atoms with van der Waals surface area (Å²) in [5.74, 6) is -0.248. The van der Waals surface area contributed by atoms with E-state index in [9.17, 15) is 20.2 Å². The Hall–Kier alpha value is -3.57. The molecule has 1 amide bonds. The van der Waals surface area contributed by atoms with E-state index >= 15 is 0 Å². The molecule has 2 aromatic carbocycles. The van der Waals surface area contributed by atoms with Crippen LogP contribution in [0.5, 0.6) is 0 Å². The number of rotatable bonds is 7. The highest BCUT2D eigenvalue weighted by atomic mass is 79.9. The molecule has 0 spiro atoms. The zero-order valence-electron chi connectivity index (χ0n) is 18.6. The molecule has 0 unspecified atom stereocenters. The second kappa shape index (κ2) is 10.4. The van der Waals surface area contributed by atoms with Crippen molar-refractivity contribution in [1.29, 1.82) is 5.26 Å². The van der Waals surface area contributed by atoms with Crippen LogP contribution in [-0.2, 0) is 11.3 Å². The van der Waals surface area contributed by atoms with Gasteiger partial charge < -0.3 is 0 Å². The van der Waals surface area contributed by atoms with E-state index in [0.717, 1.165) is 11.1 Å². The minimum Gasteiger partial charge on any atom is -0.287 e. The van der Waals surface area contributed by atoms with Crippen molar-refractivity contribution in [3.63, 3.8) is 0 Å². The second-order valence-electron chi connectivity index (χ2n) is 7.65. The molecule has 1 heterocycles. The Morgan fingerprint density at radius 2 is 1.91 bits per heavy atom. The summed E-state index contributed by atoms with van der Waals surface area (Å²) in [4.78, 5) is 30.2. The Morgan fingerprint density at radius 3 is 2.52 bits per heavy atom. The summed E-state index contributed by atoms with van der Waals surface area (Å²) in [7, 11) is 0. The SMILES string of the molecule is CCCC(=O)N(Cc1ccc(-c2ccccc2)c(C#N)c1)c1nc(C)c(Br)c(C)c1[N+](=O)[O-]. The third kappa shape index (κ3) is 5.10. The van der Waals surface area contributed by atoms with E-state index in [1.165, 1.54) is 4.90 Å². The lowest BCUT2D eigenvalue weighted by molar-refractivity contribution is -0.385. The van der Waals surface area contributed by atoms with Gasteiger partial charge in [-0.15, -0.1) is 0 Å². The average Bonchev–Trinajstić information content (AvgIpc) is 2.81. The molecule has 0 saturated heterocycles. The first-order chi connectivity index (χ1) is 15.8. The molecule has 33 heavy (non-hydrogen) atoms. The van der Waals surface area contributed by atoms with Gasteiger partial charge in [0.1, 0.15) is 0 Å². The molecule has 0 fully saturated rings. The fraction of sp³-hybridized carbons (Fsp3) is 0.240. The molecule has 7 nitrogen and oxygen atoms in total. The molecule has 0 aliphatic heterocycles. The maximum Gasteiger partial charge on any atom is 0.316 e. The van der Waals surface area contributed by atoms with Gasteiger partial charge >= 0.3 is 5.69 Å². The average molecular weight is 507 g/mol. The van der Waals surface area contributed by atoms with E-state index in [1.54, 1.807) is 19.9 Å². The number of aryl methyl sites for hydroxylation is 1. The van der Waals surface area contributed by atoms with Crippen LogP contribution in [0.2, 0.25) is 0 Å². The Bertz CT molecular complexity index is 1250. The van der Waals surface area contributed by atoms with Crippen molar-refractivity contribution in [3.05, 3.63) is 85.5 Å². The molecule has 0 saturated carbocycles. The maximum atomic E-state index is 13.1. The molecule has 3 aromatic rings. The number of halogens is 1. The van der Waals surface area contributed by atoms with Crippen LogP contribution in [0.15, 0.2) is 53.0 Å². The molecular weight excluding hydrogens is 484 g/mol. The minimum absolute atomic E-state index is 0.0160. The summed E-state index contributed by atoms with van der Waals surface area (Å²) in [5, 5.41) is 21.6. The molecule has 3 rings (SSSR count). The number of nitriles is 1. The Morgan fingerprint density at radius 1 is 1.21 bits per heavy atom. The van der Waals surface area contributed by atoms with Crippen LogP contribution in [0.4, 0.5) is 11.5 Å². The zero-order chi connectivity index (χ0) is 24.1. The summed E-state index contributed by atoms with van der Waals surface area (Å²) < 4.78 is 0.542. The van der Waals surface area contributed by atoms with Gasteiger partial charge in [-0.25, -0.2) is 4.98 Å². The smallest absolute Gasteiger partial charge is 0.287 e. The third-order valence-electron chi connectivity index (χ3n) is 5.32. The zero-order valence-corrected chi connectivity index (χ0v) is 20.2. The van der Waals surface area contributed by atoms with Crippen LogP contribution < -0.4 is 4.90 Å². The van der Waals surface area contributed by atoms with E-state index in [4.69, 9.17) is 0 Å². The monoisotopic (exact) mass is 506 g/mol. The van der Waals surface area contributed by atoms with Gasteiger partial charge in [0.15, 0.2) is 0 Å². The van der Waals surface area contributed by atoms with Crippen LogP contribution in [-0.4, -0.2) is 15.8 Å². The van der Waals surface area contributed by atoms with Gasteiger partial charge in [-0.3, -0.25) is 19.8 Å². The highest BCUT2D eigenvalue weighted by molar-refractivity contribution is 9.10. The topological polar surface area (TPSA) is 100 Å². The van der Waals surface area contributed by atoms with Gasteiger partial charge in [-0.2, -0.15) is 5.26 Å². The Kier molecular flexibility index (Phi) is 7.56. The van der Waals surface area contributed by atoms with Gasteiger partial charge in [-0.1, -0.05) is 49.4 Å². The summed E-state index contributed by atoms with van der Waals surface area (Å²) in [6, 6.07) is 17.2. The molecule has 0 aliphatic rings. The Balaban J connectivity index is 2.11. The standard InChI is InChI=1S/C25H23BrN4O3/c1-4-8-22(31)29(25-24(30(32)33)16(2)23(26)17(3)28-25)15-18-11-12-21(20(13-18)14-27)19-9-6-5-7-10-19/h5-7,9-13H,4,8,15H2,1-3H3. The van der Waals surface area contributed by atoms with Crippen molar-refractivity contribution in [1.82, 2.24) is 4.98 Å². The number of pyridine rings is 1. The molecule has 0 aliphatic carbocycles. The quantitative estimate of drug-likeness (QED) is 0.278. The van der Waals surface area contributed by atoms with Gasteiger partial charge in [0.05, 0.1) is 28.8 Å². The number of nitrogens with zero attached hydrogens (tertiary/aromatic N) is 4. The van der Waals surface area contributed by atoms with Crippen molar-refractivity contribution >= 4 is 33.3 Å². The lowest BCUT2D eigenvalue weighted by Crippen LogP contribution is -2.32. The van der Waals surface area contributed by atoms with Gasteiger partial charge in [0.2, 0.25) is 11.7 Å². The van der Waals surface area contributed by atoms with Crippen LogP contribution in [0.3, 0.4) is 0 Å².